The van der Waals surface area contributed by atoms with E-state index in [2.05, 4.69) is 17.3 Å². The molecule has 0 bridgehead atoms. The van der Waals surface area contributed by atoms with Crippen LogP contribution in [-0.2, 0) is 6.54 Å². The Morgan fingerprint density at radius 2 is 2.21 bits per heavy atom. The van der Waals surface area contributed by atoms with Gasteiger partial charge in [-0.05, 0) is 45.5 Å². The largest absolute Gasteiger partial charge is 0.507 e. The third kappa shape index (κ3) is 3.85. The molecule has 1 aromatic carbocycles. The molecule has 0 aromatic heterocycles. The number of methoxy groups -OCH3 is 1. The molecule has 1 saturated heterocycles. The fourth-order valence-corrected chi connectivity index (χ4v) is 2.64. The first-order valence-corrected chi connectivity index (χ1v) is 6.97. The van der Waals surface area contributed by atoms with Crippen molar-refractivity contribution >= 4 is 0 Å². The Labute approximate surface area is 115 Å². The van der Waals surface area contributed by atoms with Crippen molar-refractivity contribution in [3.63, 3.8) is 0 Å². The van der Waals surface area contributed by atoms with E-state index in [1.54, 1.807) is 13.2 Å². The van der Waals surface area contributed by atoms with Crippen LogP contribution in [0.4, 0.5) is 0 Å². The number of nitrogens with zero attached hydrogens (tertiary/aromatic N) is 1. The van der Waals surface area contributed by atoms with Crippen LogP contribution >= 0.6 is 0 Å². The summed E-state index contributed by atoms with van der Waals surface area (Å²) in [5.74, 6) is 1.01. The minimum Gasteiger partial charge on any atom is -0.507 e. The number of nitrogens with one attached hydrogen (secondary N) is 1. The predicted molar refractivity (Wildman–Crippen MR) is 76.6 cm³/mol. The summed E-state index contributed by atoms with van der Waals surface area (Å²) in [6.45, 7) is 2.99. The maximum atomic E-state index is 10.0. The third-order valence-electron chi connectivity index (χ3n) is 3.88. The highest BCUT2D eigenvalue weighted by atomic mass is 16.5. The fourth-order valence-electron chi connectivity index (χ4n) is 2.64. The lowest BCUT2D eigenvalue weighted by molar-refractivity contribution is 0.214. The third-order valence-corrected chi connectivity index (χ3v) is 3.88. The van der Waals surface area contributed by atoms with Gasteiger partial charge < -0.3 is 15.2 Å². The zero-order valence-corrected chi connectivity index (χ0v) is 11.9. The molecule has 0 spiro atoms. The molecule has 0 radical (unpaired) electrons. The Morgan fingerprint density at radius 3 is 2.95 bits per heavy atom. The molecule has 0 saturated carbocycles. The number of phenolic OH excluding ortho intramolecular Hbond substituents is 1. The van der Waals surface area contributed by atoms with E-state index in [9.17, 15) is 5.11 Å². The average Bonchev–Trinajstić information content (AvgIpc) is 2.70. The van der Waals surface area contributed by atoms with E-state index >= 15 is 0 Å². The minimum absolute atomic E-state index is 0.318. The monoisotopic (exact) mass is 264 g/mol. The summed E-state index contributed by atoms with van der Waals surface area (Å²) in [4.78, 5) is 2.34. The number of aromatic hydroxyl groups is 1. The van der Waals surface area contributed by atoms with Crippen molar-refractivity contribution in [3.05, 3.63) is 23.8 Å². The van der Waals surface area contributed by atoms with Gasteiger partial charge in [-0.3, -0.25) is 4.90 Å². The molecule has 2 N–H and O–H groups in total. The summed E-state index contributed by atoms with van der Waals surface area (Å²) >= 11 is 0. The molecular weight excluding hydrogens is 240 g/mol. The maximum Gasteiger partial charge on any atom is 0.123 e. The maximum absolute atomic E-state index is 10.0. The van der Waals surface area contributed by atoms with E-state index in [0.29, 0.717) is 17.5 Å². The van der Waals surface area contributed by atoms with E-state index in [-0.39, 0.29) is 0 Å². The molecule has 1 heterocycles. The second-order valence-corrected chi connectivity index (χ2v) is 5.24. The lowest BCUT2D eigenvalue weighted by atomic mass is 10.1. The van der Waals surface area contributed by atoms with Crippen molar-refractivity contribution < 1.29 is 9.84 Å². The molecule has 4 heteroatoms. The topological polar surface area (TPSA) is 44.7 Å². The number of benzene rings is 1. The van der Waals surface area contributed by atoms with Crippen molar-refractivity contribution in [1.29, 1.82) is 0 Å². The van der Waals surface area contributed by atoms with E-state index in [1.807, 2.05) is 12.1 Å². The summed E-state index contributed by atoms with van der Waals surface area (Å²) in [5, 5.41) is 13.4. The lowest BCUT2D eigenvalue weighted by Crippen LogP contribution is -2.32. The molecule has 0 amide bonds. The summed E-state index contributed by atoms with van der Waals surface area (Å²) < 4.78 is 5.11. The minimum atomic E-state index is 0.318. The summed E-state index contributed by atoms with van der Waals surface area (Å²) in [6.07, 6.45) is 3.62. The summed E-state index contributed by atoms with van der Waals surface area (Å²) in [6, 6.07) is 6.12. The molecular formula is C15H24N2O2. The molecule has 2 rings (SSSR count). The van der Waals surface area contributed by atoms with Gasteiger partial charge in [-0.2, -0.15) is 0 Å². The van der Waals surface area contributed by atoms with E-state index in [4.69, 9.17) is 4.74 Å². The molecule has 1 aliphatic rings. The van der Waals surface area contributed by atoms with Crippen LogP contribution in [0, 0.1) is 0 Å². The second-order valence-electron chi connectivity index (χ2n) is 5.24. The Morgan fingerprint density at radius 1 is 1.37 bits per heavy atom. The number of phenols is 1. The molecule has 4 nitrogen and oxygen atoms in total. The van der Waals surface area contributed by atoms with E-state index < -0.39 is 0 Å². The van der Waals surface area contributed by atoms with Crippen LogP contribution in [0.2, 0.25) is 0 Å². The van der Waals surface area contributed by atoms with Gasteiger partial charge in [0.05, 0.1) is 7.11 Å². The Hall–Kier alpha value is -1.26. The van der Waals surface area contributed by atoms with Crippen LogP contribution in [0.1, 0.15) is 24.8 Å². The van der Waals surface area contributed by atoms with Gasteiger partial charge >= 0.3 is 0 Å². The van der Waals surface area contributed by atoms with Crippen molar-refractivity contribution in [2.24, 2.45) is 0 Å². The molecule has 106 valence electrons. The Bertz CT molecular complexity index is 401. The standard InChI is InChI=1S/C15H24N2O2/c1-17(13-4-3-8-16-9-7-13)11-12-5-6-14(19-2)10-15(12)18/h5-6,10,13,16,18H,3-4,7-9,11H2,1-2H3. The first-order chi connectivity index (χ1) is 9.20. The zero-order valence-electron chi connectivity index (χ0n) is 11.9. The highest BCUT2D eigenvalue weighted by Gasteiger charge is 2.17. The molecule has 1 fully saturated rings. The SMILES string of the molecule is COc1ccc(CN(C)C2CCCNCC2)c(O)c1. The van der Waals surface area contributed by atoms with Crippen LogP contribution in [0.25, 0.3) is 0 Å². The molecule has 1 aliphatic heterocycles. The van der Waals surface area contributed by atoms with Gasteiger partial charge in [0.15, 0.2) is 0 Å². The van der Waals surface area contributed by atoms with Crippen molar-refractivity contribution in [2.75, 3.05) is 27.2 Å². The van der Waals surface area contributed by atoms with Crippen LogP contribution in [0.5, 0.6) is 11.5 Å². The van der Waals surface area contributed by atoms with Crippen LogP contribution < -0.4 is 10.1 Å². The number of ether oxygens (including phenoxy) is 1. The van der Waals surface area contributed by atoms with Gasteiger partial charge in [-0.1, -0.05) is 6.07 Å². The smallest absolute Gasteiger partial charge is 0.123 e. The van der Waals surface area contributed by atoms with Gasteiger partial charge in [-0.15, -0.1) is 0 Å². The molecule has 1 aromatic rings. The van der Waals surface area contributed by atoms with E-state index in [1.165, 1.54) is 19.3 Å². The normalized spacial score (nSPS) is 20.3. The first-order valence-electron chi connectivity index (χ1n) is 6.97. The van der Waals surface area contributed by atoms with Gasteiger partial charge in [0.1, 0.15) is 11.5 Å². The lowest BCUT2D eigenvalue weighted by Gasteiger charge is -2.27. The van der Waals surface area contributed by atoms with E-state index in [0.717, 1.165) is 25.2 Å². The zero-order chi connectivity index (χ0) is 13.7. The molecule has 0 aliphatic carbocycles. The quantitative estimate of drug-likeness (QED) is 0.873. The fraction of sp³-hybridized carbons (Fsp3) is 0.600. The predicted octanol–water partition coefficient (Wildman–Crippen LogP) is 1.97. The molecule has 19 heavy (non-hydrogen) atoms. The van der Waals surface area contributed by atoms with Crippen molar-refractivity contribution in [3.8, 4) is 11.5 Å². The molecule has 1 unspecified atom stereocenters. The van der Waals surface area contributed by atoms with Gasteiger partial charge in [-0.25, -0.2) is 0 Å². The molecule has 1 atom stereocenters. The number of hydrogen-bond donors (Lipinski definition) is 2. The Balaban J connectivity index is 1.99. The first kappa shape index (κ1) is 14.2. The van der Waals surface area contributed by atoms with Crippen molar-refractivity contribution in [2.45, 2.75) is 31.8 Å². The van der Waals surface area contributed by atoms with Crippen LogP contribution in [0.15, 0.2) is 18.2 Å². The van der Waals surface area contributed by atoms with Crippen LogP contribution in [-0.4, -0.2) is 43.3 Å². The number of hydrogen-bond acceptors (Lipinski definition) is 4. The van der Waals surface area contributed by atoms with Gasteiger partial charge in [0, 0.05) is 24.2 Å². The number of rotatable bonds is 4. The second kappa shape index (κ2) is 6.78. The van der Waals surface area contributed by atoms with Gasteiger partial charge in [0.25, 0.3) is 0 Å². The van der Waals surface area contributed by atoms with Crippen molar-refractivity contribution in [1.82, 2.24) is 10.2 Å². The highest BCUT2D eigenvalue weighted by Crippen LogP contribution is 2.25. The highest BCUT2D eigenvalue weighted by molar-refractivity contribution is 5.39. The Kier molecular flexibility index (Phi) is 5.05. The summed E-state index contributed by atoms with van der Waals surface area (Å²) in [5.41, 5.74) is 0.959. The summed E-state index contributed by atoms with van der Waals surface area (Å²) in [7, 11) is 3.75. The average molecular weight is 264 g/mol. The van der Waals surface area contributed by atoms with Gasteiger partial charge in [0.2, 0.25) is 0 Å². The van der Waals surface area contributed by atoms with Crippen LogP contribution in [0.3, 0.4) is 0 Å².